The number of ether oxygens (including phenoxy) is 2. The smallest absolute Gasteiger partial charge is 0.340 e. The van der Waals surface area contributed by atoms with Crippen LogP contribution in [0.4, 0.5) is 0 Å². The highest BCUT2D eigenvalue weighted by Gasteiger charge is 2.10. The van der Waals surface area contributed by atoms with Gasteiger partial charge in [-0.1, -0.05) is 0 Å². The summed E-state index contributed by atoms with van der Waals surface area (Å²) >= 11 is 0. The number of carbonyl (C=O) groups excluding carboxylic acids is 1. The molecule has 1 unspecified atom stereocenters. The van der Waals surface area contributed by atoms with E-state index in [0.29, 0.717) is 17.1 Å². The van der Waals surface area contributed by atoms with Crippen molar-refractivity contribution in [2.24, 2.45) is 0 Å². The first-order chi connectivity index (χ1) is 6.72. The highest BCUT2D eigenvalue weighted by atomic mass is 31.0. The molecule has 1 aromatic rings. The SMILES string of the molecule is COc1ccc(C(=O)OP)cc1OC. The Kier molecular flexibility index (Phi) is 3.72. The number of methoxy groups -OCH3 is 2. The van der Waals surface area contributed by atoms with Gasteiger partial charge in [0.1, 0.15) is 0 Å². The van der Waals surface area contributed by atoms with Crippen molar-refractivity contribution < 1.29 is 18.8 Å². The molecule has 0 spiro atoms. The average Bonchev–Trinajstić information content (AvgIpc) is 2.26. The number of hydrogen-bond donors (Lipinski definition) is 0. The minimum absolute atomic E-state index is 0.414. The molecule has 0 saturated carbocycles. The molecule has 76 valence electrons. The fourth-order valence-corrected chi connectivity index (χ4v) is 1.17. The van der Waals surface area contributed by atoms with Gasteiger partial charge in [-0.15, -0.1) is 0 Å². The maximum Gasteiger partial charge on any atom is 0.340 e. The summed E-state index contributed by atoms with van der Waals surface area (Å²) in [7, 11) is 4.94. The van der Waals surface area contributed by atoms with Gasteiger partial charge >= 0.3 is 5.97 Å². The van der Waals surface area contributed by atoms with Crippen molar-refractivity contribution in [1.82, 2.24) is 0 Å². The second-order valence-electron chi connectivity index (χ2n) is 2.48. The van der Waals surface area contributed by atoms with Crippen LogP contribution in [0.25, 0.3) is 0 Å². The molecule has 0 radical (unpaired) electrons. The Bertz CT molecular complexity index is 338. The second-order valence-corrected chi connectivity index (χ2v) is 2.71. The zero-order valence-corrected chi connectivity index (χ0v) is 9.10. The fraction of sp³-hybridized carbons (Fsp3) is 0.222. The monoisotopic (exact) mass is 214 g/mol. The summed E-state index contributed by atoms with van der Waals surface area (Å²) < 4.78 is 14.5. The topological polar surface area (TPSA) is 44.8 Å². The summed E-state index contributed by atoms with van der Waals surface area (Å²) in [5.74, 6) is 0.643. The van der Waals surface area contributed by atoms with Crippen molar-refractivity contribution >= 4 is 15.4 Å². The molecule has 5 heteroatoms. The zero-order chi connectivity index (χ0) is 10.6. The number of hydrogen-bond acceptors (Lipinski definition) is 4. The van der Waals surface area contributed by atoms with Crippen LogP contribution >= 0.6 is 9.47 Å². The van der Waals surface area contributed by atoms with Gasteiger partial charge in [-0.05, 0) is 18.2 Å². The van der Waals surface area contributed by atoms with Crippen molar-refractivity contribution in [2.45, 2.75) is 0 Å². The van der Waals surface area contributed by atoms with Crippen LogP contribution in [0.15, 0.2) is 18.2 Å². The Balaban J connectivity index is 3.07. The summed E-state index contributed by atoms with van der Waals surface area (Å²) in [5.41, 5.74) is 0.414. The van der Waals surface area contributed by atoms with E-state index in [0.717, 1.165) is 0 Å². The molecule has 1 rings (SSSR count). The quantitative estimate of drug-likeness (QED) is 0.717. The summed E-state index contributed by atoms with van der Waals surface area (Å²) in [4.78, 5) is 11.1. The van der Waals surface area contributed by atoms with Gasteiger partial charge in [0.2, 0.25) is 0 Å². The molecule has 14 heavy (non-hydrogen) atoms. The third-order valence-electron chi connectivity index (χ3n) is 1.73. The lowest BCUT2D eigenvalue weighted by Gasteiger charge is -2.08. The van der Waals surface area contributed by atoms with Gasteiger partial charge in [0.05, 0.1) is 29.2 Å². The highest BCUT2D eigenvalue weighted by Crippen LogP contribution is 2.27. The molecule has 0 heterocycles. The van der Waals surface area contributed by atoms with Crippen LogP contribution in [-0.2, 0) is 4.52 Å². The van der Waals surface area contributed by atoms with E-state index in [1.54, 1.807) is 18.2 Å². The van der Waals surface area contributed by atoms with Crippen LogP contribution in [0.1, 0.15) is 10.4 Å². The molecule has 0 aromatic heterocycles. The van der Waals surface area contributed by atoms with Crippen molar-refractivity contribution in [1.29, 1.82) is 0 Å². The predicted octanol–water partition coefficient (Wildman–Crippen LogP) is 1.65. The lowest BCUT2D eigenvalue weighted by molar-refractivity contribution is 0.0765. The average molecular weight is 214 g/mol. The third kappa shape index (κ3) is 2.15. The van der Waals surface area contributed by atoms with Gasteiger partial charge in [-0.25, -0.2) is 4.79 Å². The van der Waals surface area contributed by atoms with Gasteiger partial charge in [-0.3, -0.25) is 0 Å². The Labute approximate surface area is 84.4 Å². The fourth-order valence-electron chi connectivity index (χ4n) is 1.03. The van der Waals surface area contributed by atoms with Gasteiger partial charge in [-0.2, -0.15) is 0 Å². The highest BCUT2D eigenvalue weighted by molar-refractivity contribution is 7.10. The molecule has 0 aliphatic carbocycles. The van der Waals surface area contributed by atoms with E-state index in [9.17, 15) is 4.79 Å². The van der Waals surface area contributed by atoms with E-state index < -0.39 is 5.97 Å². The van der Waals surface area contributed by atoms with Crippen LogP contribution in [0, 0.1) is 0 Å². The minimum atomic E-state index is -0.434. The molecule has 0 aliphatic heterocycles. The summed E-state index contributed by atoms with van der Waals surface area (Å²) in [5, 5.41) is 0. The normalized spacial score (nSPS) is 9.36. The number of benzene rings is 1. The molecule has 1 atom stereocenters. The van der Waals surface area contributed by atoms with E-state index in [1.165, 1.54) is 14.2 Å². The zero-order valence-electron chi connectivity index (χ0n) is 7.94. The molecule has 0 amide bonds. The van der Waals surface area contributed by atoms with Crippen LogP contribution in [0.3, 0.4) is 0 Å². The maximum absolute atomic E-state index is 11.1. The first-order valence-electron chi connectivity index (χ1n) is 3.86. The molecule has 4 nitrogen and oxygen atoms in total. The molecule has 0 saturated heterocycles. The number of carbonyl (C=O) groups is 1. The minimum Gasteiger partial charge on any atom is -0.493 e. The largest absolute Gasteiger partial charge is 0.493 e. The van der Waals surface area contributed by atoms with Crippen molar-refractivity contribution in [2.75, 3.05) is 14.2 Å². The summed E-state index contributed by atoms with van der Waals surface area (Å²) in [6.45, 7) is 0. The molecular formula is C9H11O4P. The Morgan fingerprint density at radius 3 is 2.36 bits per heavy atom. The lowest BCUT2D eigenvalue weighted by Crippen LogP contribution is -1.99. The molecule has 0 bridgehead atoms. The van der Waals surface area contributed by atoms with Crippen LogP contribution in [0.2, 0.25) is 0 Å². The predicted molar refractivity (Wildman–Crippen MR) is 54.7 cm³/mol. The van der Waals surface area contributed by atoms with Crippen molar-refractivity contribution in [3.63, 3.8) is 0 Å². The second kappa shape index (κ2) is 4.82. The third-order valence-corrected chi connectivity index (χ3v) is 1.94. The maximum atomic E-state index is 11.1. The van der Waals surface area contributed by atoms with Gasteiger partial charge in [0, 0.05) is 0 Å². The first-order valence-corrected chi connectivity index (χ1v) is 4.33. The summed E-state index contributed by atoms with van der Waals surface area (Å²) in [6.07, 6.45) is 0. The molecule has 0 fully saturated rings. The Hall–Kier alpha value is -1.28. The van der Waals surface area contributed by atoms with E-state index in [4.69, 9.17) is 9.47 Å². The lowest BCUT2D eigenvalue weighted by atomic mass is 10.2. The van der Waals surface area contributed by atoms with Crippen LogP contribution in [0.5, 0.6) is 11.5 Å². The van der Waals surface area contributed by atoms with E-state index in [2.05, 4.69) is 4.52 Å². The Morgan fingerprint density at radius 2 is 1.86 bits per heavy atom. The van der Waals surface area contributed by atoms with Crippen LogP contribution in [-0.4, -0.2) is 20.2 Å². The summed E-state index contributed by atoms with van der Waals surface area (Å²) in [6, 6.07) is 4.81. The standard InChI is InChI=1S/C9H11O4P/c1-11-7-4-3-6(9(10)13-14)5-8(7)12-2/h3-5H,14H2,1-2H3. The molecule has 0 N–H and O–H groups in total. The molecule has 0 aliphatic rings. The van der Waals surface area contributed by atoms with E-state index in [1.807, 2.05) is 9.47 Å². The van der Waals surface area contributed by atoms with Crippen molar-refractivity contribution in [3.8, 4) is 11.5 Å². The van der Waals surface area contributed by atoms with E-state index >= 15 is 0 Å². The van der Waals surface area contributed by atoms with Gasteiger partial charge in [0.25, 0.3) is 0 Å². The molecule has 1 aromatic carbocycles. The van der Waals surface area contributed by atoms with E-state index in [-0.39, 0.29) is 0 Å². The Morgan fingerprint density at radius 1 is 1.21 bits per heavy atom. The van der Waals surface area contributed by atoms with Gasteiger partial charge in [0.15, 0.2) is 11.5 Å². The van der Waals surface area contributed by atoms with Crippen molar-refractivity contribution in [3.05, 3.63) is 23.8 Å². The van der Waals surface area contributed by atoms with Gasteiger partial charge < -0.3 is 14.0 Å². The molecular weight excluding hydrogens is 203 g/mol. The first kappa shape index (κ1) is 10.8. The van der Waals surface area contributed by atoms with Crippen LogP contribution < -0.4 is 9.47 Å². The number of rotatable bonds is 3.